The molecule has 1 aliphatic rings. The second-order valence-corrected chi connectivity index (χ2v) is 7.21. The highest BCUT2D eigenvalue weighted by Crippen LogP contribution is 2.28. The fraction of sp³-hybridized carbons (Fsp3) is 0.458. The van der Waals surface area contributed by atoms with Crippen LogP contribution < -0.4 is 0 Å². The average Bonchev–Trinajstić information content (AvgIpc) is 2.69. The minimum Gasteiger partial charge on any atom is -0.422 e. The van der Waals surface area contributed by atoms with E-state index in [9.17, 15) is 14.4 Å². The number of ether oxygens (including phenoxy) is 1. The van der Waals surface area contributed by atoms with Crippen LogP contribution in [-0.4, -0.2) is 17.5 Å². The lowest BCUT2D eigenvalue weighted by atomic mass is 9.87. The number of benzene rings is 1. The average molecular weight is 383 g/mol. The fourth-order valence-electron chi connectivity index (χ4n) is 3.37. The van der Waals surface area contributed by atoms with Gasteiger partial charge in [-0.2, -0.15) is 0 Å². The summed E-state index contributed by atoms with van der Waals surface area (Å²) in [6, 6.07) is 6.63. The molecule has 0 unspecified atom stereocenters. The summed E-state index contributed by atoms with van der Waals surface area (Å²) < 4.78 is 5.10. The fourth-order valence-corrected chi connectivity index (χ4v) is 3.37. The van der Waals surface area contributed by atoms with Gasteiger partial charge in [0.05, 0.1) is 5.57 Å². The Labute approximate surface area is 167 Å². The molecule has 0 amide bonds. The molecule has 28 heavy (non-hydrogen) atoms. The Kier molecular flexibility index (Phi) is 8.86. The first-order valence-electron chi connectivity index (χ1n) is 10.3. The SMILES string of the molecule is CCCCCCCCCCC=CC1=C(OC(C)=O)C(=O)c2ccccc2C1=O. The van der Waals surface area contributed by atoms with Crippen LogP contribution in [0.5, 0.6) is 0 Å². The minimum absolute atomic E-state index is 0.164. The Morgan fingerprint density at radius 2 is 1.46 bits per heavy atom. The van der Waals surface area contributed by atoms with Crippen molar-refractivity contribution in [3.63, 3.8) is 0 Å². The van der Waals surface area contributed by atoms with Crippen molar-refractivity contribution >= 4 is 17.5 Å². The van der Waals surface area contributed by atoms with Crippen molar-refractivity contribution in [1.82, 2.24) is 0 Å². The zero-order chi connectivity index (χ0) is 20.4. The van der Waals surface area contributed by atoms with Gasteiger partial charge in [0.25, 0.3) is 0 Å². The third-order valence-corrected chi connectivity index (χ3v) is 4.87. The quantitative estimate of drug-likeness (QED) is 0.349. The number of allylic oxidation sites excluding steroid dienone is 4. The number of fused-ring (bicyclic) bond motifs is 1. The van der Waals surface area contributed by atoms with E-state index in [1.807, 2.05) is 6.08 Å². The lowest BCUT2D eigenvalue weighted by Crippen LogP contribution is -2.23. The third-order valence-electron chi connectivity index (χ3n) is 4.87. The summed E-state index contributed by atoms with van der Waals surface area (Å²) in [6.07, 6.45) is 14.3. The molecule has 0 bridgehead atoms. The van der Waals surface area contributed by atoms with Crippen LogP contribution in [0.2, 0.25) is 0 Å². The molecule has 0 aliphatic heterocycles. The van der Waals surface area contributed by atoms with Crippen LogP contribution in [0.1, 0.15) is 92.4 Å². The summed E-state index contributed by atoms with van der Waals surface area (Å²) in [5.74, 6) is -1.47. The van der Waals surface area contributed by atoms with Crippen molar-refractivity contribution in [1.29, 1.82) is 0 Å². The Balaban J connectivity index is 1.96. The van der Waals surface area contributed by atoms with Gasteiger partial charge >= 0.3 is 5.97 Å². The minimum atomic E-state index is -0.607. The number of Topliss-reactive ketones (excluding diaryl/α,β-unsaturated/α-hetero) is 2. The van der Waals surface area contributed by atoms with E-state index < -0.39 is 11.8 Å². The zero-order valence-corrected chi connectivity index (χ0v) is 17.0. The van der Waals surface area contributed by atoms with Gasteiger partial charge in [0.2, 0.25) is 5.78 Å². The molecule has 1 aromatic carbocycles. The third kappa shape index (κ3) is 6.01. The molecule has 0 aromatic heterocycles. The summed E-state index contributed by atoms with van der Waals surface area (Å²) in [5.41, 5.74) is 0.803. The van der Waals surface area contributed by atoms with Gasteiger partial charge in [-0.15, -0.1) is 0 Å². The first-order valence-corrected chi connectivity index (χ1v) is 10.3. The Hall–Kier alpha value is -2.49. The summed E-state index contributed by atoms with van der Waals surface area (Å²) in [7, 11) is 0. The van der Waals surface area contributed by atoms with Crippen LogP contribution in [0.4, 0.5) is 0 Å². The highest BCUT2D eigenvalue weighted by Gasteiger charge is 2.32. The monoisotopic (exact) mass is 382 g/mol. The van der Waals surface area contributed by atoms with Crippen LogP contribution in [0, 0.1) is 0 Å². The van der Waals surface area contributed by atoms with E-state index >= 15 is 0 Å². The lowest BCUT2D eigenvalue weighted by molar-refractivity contribution is -0.136. The highest BCUT2D eigenvalue weighted by molar-refractivity contribution is 6.27. The molecular weight excluding hydrogens is 352 g/mol. The Bertz CT molecular complexity index is 771. The van der Waals surface area contributed by atoms with Gasteiger partial charge in [-0.1, -0.05) is 88.3 Å². The number of rotatable bonds is 11. The standard InChI is InChI=1S/C24H30O4/c1-3-4-5-6-7-8-9-10-11-12-17-21-22(26)19-15-13-14-16-20(19)23(27)24(21)28-18(2)25/h12-17H,3-11H2,1-2H3. The van der Waals surface area contributed by atoms with E-state index in [1.165, 1.54) is 45.4 Å². The number of carbonyl (C=O) groups is 3. The maximum absolute atomic E-state index is 12.8. The van der Waals surface area contributed by atoms with E-state index in [1.54, 1.807) is 30.3 Å². The van der Waals surface area contributed by atoms with Gasteiger partial charge < -0.3 is 4.74 Å². The van der Waals surface area contributed by atoms with Crippen LogP contribution in [0.25, 0.3) is 0 Å². The molecule has 1 aliphatic carbocycles. The number of esters is 1. The predicted octanol–water partition coefficient (Wildman–Crippen LogP) is 5.97. The van der Waals surface area contributed by atoms with E-state index in [2.05, 4.69) is 6.92 Å². The first kappa shape index (κ1) is 21.8. The van der Waals surface area contributed by atoms with Gasteiger partial charge in [0, 0.05) is 18.1 Å². The topological polar surface area (TPSA) is 60.4 Å². The van der Waals surface area contributed by atoms with Gasteiger partial charge in [0.1, 0.15) is 0 Å². The molecular formula is C24H30O4. The Morgan fingerprint density at radius 1 is 0.893 bits per heavy atom. The number of carbonyl (C=O) groups excluding carboxylic acids is 3. The van der Waals surface area contributed by atoms with Crippen LogP contribution in [0.3, 0.4) is 0 Å². The maximum atomic E-state index is 12.8. The summed E-state index contributed by atoms with van der Waals surface area (Å²) in [5, 5.41) is 0. The van der Waals surface area contributed by atoms with Gasteiger partial charge in [-0.05, 0) is 12.8 Å². The first-order chi connectivity index (χ1) is 13.6. The van der Waals surface area contributed by atoms with Gasteiger partial charge in [0.15, 0.2) is 11.5 Å². The summed E-state index contributed by atoms with van der Waals surface area (Å²) in [6.45, 7) is 3.45. The number of unbranched alkanes of at least 4 members (excludes halogenated alkanes) is 8. The van der Waals surface area contributed by atoms with E-state index in [4.69, 9.17) is 4.74 Å². The van der Waals surface area contributed by atoms with Gasteiger partial charge in [-0.25, -0.2) is 0 Å². The molecule has 0 saturated carbocycles. The Morgan fingerprint density at radius 3 is 2.07 bits per heavy atom. The van der Waals surface area contributed by atoms with Crippen LogP contribution >= 0.6 is 0 Å². The molecule has 0 N–H and O–H groups in total. The van der Waals surface area contributed by atoms with E-state index in [-0.39, 0.29) is 22.7 Å². The summed E-state index contributed by atoms with van der Waals surface area (Å²) in [4.78, 5) is 36.9. The van der Waals surface area contributed by atoms with Crippen molar-refractivity contribution in [3.8, 4) is 0 Å². The lowest BCUT2D eigenvalue weighted by Gasteiger charge is -2.18. The molecule has 2 rings (SSSR count). The maximum Gasteiger partial charge on any atom is 0.308 e. The van der Waals surface area contributed by atoms with Crippen molar-refractivity contribution < 1.29 is 19.1 Å². The normalized spacial score (nSPS) is 13.9. The highest BCUT2D eigenvalue weighted by atomic mass is 16.5. The predicted molar refractivity (Wildman–Crippen MR) is 110 cm³/mol. The van der Waals surface area contributed by atoms with E-state index in [0.717, 1.165) is 19.3 Å². The van der Waals surface area contributed by atoms with Crippen LogP contribution in [0.15, 0.2) is 47.7 Å². The molecule has 0 saturated heterocycles. The number of hydrogen-bond donors (Lipinski definition) is 0. The molecule has 0 atom stereocenters. The molecule has 0 spiro atoms. The molecule has 4 heteroatoms. The second-order valence-electron chi connectivity index (χ2n) is 7.21. The van der Waals surface area contributed by atoms with Gasteiger partial charge in [-0.3, -0.25) is 14.4 Å². The van der Waals surface area contributed by atoms with Crippen molar-refractivity contribution in [2.75, 3.05) is 0 Å². The molecule has 0 radical (unpaired) electrons. The molecule has 0 heterocycles. The molecule has 0 fully saturated rings. The molecule has 1 aromatic rings. The molecule has 4 nitrogen and oxygen atoms in total. The van der Waals surface area contributed by atoms with Crippen molar-refractivity contribution in [3.05, 3.63) is 58.9 Å². The zero-order valence-electron chi connectivity index (χ0n) is 17.0. The van der Waals surface area contributed by atoms with Crippen molar-refractivity contribution in [2.24, 2.45) is 0 Å². The summed E-state index contributed by atoms with van der Waals surface area (Å²) >= 11 is 0. The van der Waals surface area contributed by atoms with Crippen LogP contribution in [-0.2, 0) is 9.53 Å². The number of ketones is 2. The van der Waals surface area contributed by atoms with Crippen molar-refractivity contribution in [2.45, 2.75) is 71.6 Å². The van der Waals surface area contributed by atoms with E-state index in [0.29, 0.717) is 5.56 Å². The second kappa shape index (κ2) is 11.4. The smallest absolute Gasteiger partial charge is 0.308 e. The molecule has 150 valence electrons. The largest absolute Gasteiger partial charge is 0.422 e. The number of hydrogen-bond acceptors (Lipinski definition) is 4.